The van der Waals surface area contributed by atoms with Crippen LogP contribution in [-0.2, 0) is 11.2 Å². The van der Waals surface area contributed by atoms with E-state index in [1.54, 1.807) is 4.90 Å². The quantitative estimate of drug-likeness (QED) is 0.808. The highest BCUT2D eigenvalue weighted by molar-refractivity contribution is 5.98. The second-order valence-electron chi connectivity index (χ2n) is 6.82. The van der Waals surface area contributed by atoms with Gasteiger partial charge in [0.15, 0.2) is 5.76 Å². The minimum atomic E-state index is -0.0426. The fraction of sp³-hybridized carbons (Fsp3) is 0.550. The minimum absolute atomic E-state index is 0.0426. The second-order valence-corrected chi connectivity index (χ2v) is 6.82. The van der Waals surface area contributed by atoms with Crippen LogP contribution < -0.4 is 0 Å². The van der Waals surface area contributed by atoms with Crippen LogP contribution in [0.3, 0.4) is 0 Å². The predicted molar refractivity (Wildman–Crippen MR) is 99.2 cm³/mol. The largest absolute Gasteiger partial charge is 0.451 e. The fourth-order valence-corrected chi connectivity index (χ4v) is 3.31. The number of morpholine rings is 1. The molecule has 136 valence electrons. The Labute approximate surface area is 149 Å². The van der Waals surface area contributed by atoms with Gasteiger partial charge in [0.05, 0.1) is 13.2 Å². The number of likely N-dealkylation sites (N-methyl/N-ethyl adjacent to an activating group) is 1. The molecular weight excluding hydrogens is 316 g/mol. The lowest BCUT2D eigenvalue weighted by atomic mass is 10.1. The Bertz CT molecular complexity index is 732. The van der Waals surface area contributed by atoms with Crippen molar-refractivity contribution in [2.24, 2.45) is 0 Å². The lowest BCUT2D eigenvalue weighted by Gasteiger charge is -2.28. The highest BCUT2D eigenvalue weighted by Gasteiger charge is 2.22. The van der Waals surface area contributed by atoms with E-state index in [2.05, 4.69) is 24.0 Å². The van der Waals surface area contributed by atoms with Gasteiger partial charge in [-0.25, -0.2) is 0 Å². The van der Waals surface area contributed by atoms with Gasteiger partial charge in [-0.15, -0.1) is 0 Å². The van der Waals surface area contributed by atoms with Crippen molar-refractivity contribution in [3.05, 3.63) is 35.1 Å². The maximum absolute atomic E-state index is 12.8. The summed E-state index contributed by atoms with van der Waals surface area (Å²) in [7, 11) is 1.85. The van der Waals surface area contributed by atoms with Gasteiger partial charge in [0.1, 0.15) is 5.58 Å². The van der Waals surface area contributed by atoms with Gasteiger partial charge in [0, 0.05) is 44.2 Å². The lowest BCUT2D eigenvalue weighted by Crippen LogP contribution is -2.41. The summed E-state index contributed by atoms with van der Waals surface area (Å²) in [4.78, 5) is 16.9. The van der Waals surface area contributed by atoms with E-state index >= 15 is 0 Å². The Kier molecular flexibility index (Phi) is 5.76. The molecule has 1 fully saturated rings. The van der Waals surface area contributed by atoms with Gasteiger partial charge in [-0.1, -0.05) is 19.4 Å². The van der Waals surface area contributed by atoms with Gasteiger partial charge >= 0.3 is 0 Å². The zero-order chi connectivity index (χ0) is 17.8. The van der Waals surface area contributed by atoms with E-state index in [-0.39, 0.29) is 5.91 Å². The molecule has 0 radical (unpaired) electrons. The molecule has 2 aromatic rings. The highest BCUT2D eigenvalue weighted by atomic mass is 16.5. The molecule has 1 aromatic heterocycles. The number of hydrogen-bond acceptors (Lipinski definition) is 4. The average Bonchev–Trinajstić information content (AvgIpc) is 2.96. The topological polar surface area (TPSA) is 45.9 Å². The molecule has 1 saturated heterocycles. The number of rotatable bonds is 6. The predicted octanol–water partition coefficient (Wildman–Crippen LogP) is 3.10. The SMILES string of the molecule is CCCc1ccc2oc(C(=O)N(C)CCN3CCOCC3)c(C)c2c1. The van der Waals surface area contributed by atoms with Crippen LogP contribution in [-0.4, -0.2) is 62.1 Å². The van der Waals surface area contributed by atoms with E-state index in [9.17, 15) is 4.79 Å². The molecule has 0 bridgehead atoms. The molecule has 5 heteroatoms. The van der Waals surface area contributed by atoms with E-state index in [0.29, 0.717) is 12.3 Å². The molecule has 1 aliphatic heterocycles. The maximum atomic E-state index is 12.8. The van der Waals surface area contributed by atoms with Crippen LogP contribution in [0.2, 0.25) is 0 Å². The maximum Gasteiger partial charge on any atom is 0.289 e. The first-order chi connectivity index (χ1) is 12.1. The Hall–Kier alpha value is -1.85. The Morgan fingerprint density at radius 2 is 2.04 bits per heavy atom. The molecule has 2 heterocycles. The molecule has 1 aliphatic rings. The number of nitrogens with zero attached hydrogens (tertiary/aromatic N) is 2. The van der Waals surface area contributed by atoms with Gasteiger partial charge < -0.3 is 14.1 Å². The molecule has 0 N–H and O–H groups in total. The zero-order valence-corrected chi connectivity index (χ0v) is 15.5. The van der Waals surface area contributed by atoms with Crippen LogP contribution in [0.1, 0.15) is 35.0 Å². The third-order valence-electron chi connectivity index (χ3n) is 4.94. The fourth-order valence-electron chi connectivity index (χ4n) is 3.31. The summed E-state index contributed by atoms with van der Waals surface area (Å²) in [5, 5.41) is 1.05. The van der Waals surface area contributed by atoms with Crippen LogP contribution >= 0.6 is 0 Å². The number of ether oxygens (including phenoxy) is 1. The van der Waals surface area contributed by atoms with Crippen LogP contribution in [0.4, 0.5) is 0 Å². The Morgan fingerprint density at radius 3 is 2.76 bits per heavy atom. The first-order valence-corrected chi connectivity index (χ1v) is 9.17. The number of fused-ring (bicyclic) bond motifs is 1. The number of hydrogen-bond donors (Lipinski definition) is 0. The molecule has 0 aliphatic carbocycles. The number of carbonyl (C=O) groups is 1. The Balaban J connectivity index is 1.71. The van der Waals surface area contributed by atoms with Crippen molar-refractivity contribution in [1.82, 2.24) is 9.80 Å². The molecule has 3 rings (SSSR count). The van der Waals surface area contributed by atoms with Crippen LogP contribution in [0.5, 0.6) is 0 Å². The summed E-state index contributed by atoms with van der Waals surface area (Å²) >= 11 is 0. The third-order valence-corrected chi connectivity index (χ3v) is 4.94. The van der Waals surface area contributed by atoms with Crippen molar-refractivity contribution in [3.8, 4) is 0 Å². The van der Waals surface area contributed by atoms with Crippen molar-refractivity contribution < 1.29 is 13.9 Å². The first kappa shape index (κ1) is 18.0. The average molecular weight is 344 g/mol. The summed E-state index contributed by atoms with van der Waals surface area (Å²) in [6, 6.07) is 6.23. The molecule has 5 nitrogen and oxygen atoms in total. The van der Waals surface area contributed by atoms with Crippen molar-refractivity contribution in [1.29, 1.82) is 0 Å². The molecule has 1 aromatic carbocycles. The van der Waals surface area contributed by atoms with Gasteiger partial charge in [0.25, 0.3) is 5.91 Å². The van der Waals surface area contributed by atoms with E-state index in [1.165, 1.54) is 5.56 Å². The van der Waals surface area contributed by atoms with Crippen molar-refractivity contribution in [2.45, 2.75) is 26.7 Å². The van der Waals surface area contributed by atoms with Crippen molar-refractivity contribution in [2.75, 3.05) is 46.4 Å². The van der Waals surface area contributed by atoms with Crippen molar-refractivity contribution in [3.63, 3.8) is 0 Å². The van der Waals surface area contributed by atoms with E-state index in [4.69, 9.17) is 9.15 Å². The van der Waals surface area contributed by atoms with E-state index in [1.807, 2.05) is 20.0 Å². The van der Waals surface area contributed by atoms with Gasteiger partial charge in [-0.2, -0.15) is 0 Å². The highest BCUT2D eigenvalue weighted by Crippen LogP contribution is 2.27. The minimum Gasteiger partial charge on any atom is -0.451 e. The normalized spacial score (nSPS) is 15.6. The first-order valence-electron chi connectivity index (χ1n) is 9.17. The number of carbonyl (C=O) groups excluding carboxylic acids is 1. The molecule has 0 atom stereocenters. The van der Waals surface area contributed by atoms with Gasteiger partial charge in [-0.05, 0) is 31.0 Å². The number of amides is 1. The molecule has 0 saturated carbocycles. The zero-order valence-electron chi connectivity index (χ0n) is 15.5. The Morgan fingerprint density at radius 1 is 1.28 bits per heavy atom. The summed E-state index contributed by atoms with van der Waals surface area (Å²) in [5.41, 5.74) is 3.03. The van der Waals surface area contributed by atoms with Crippen LogP contribution in [0.25, 0.3) is 11.0 Å². The monoisotopic (exact) mass is 344 g/mol. The van der Waals surface area contributed by atoms with Gasteiger partial charge in [-0.3, -0.25) is 9.69 Å². The number of furan rings is 1. The van der Waals surface area contributed by atoms with E-state index < -0.39 is 0 Å². The van der Waals surface area contributed by atoms with Crippen LogP contribution in [0, 0.1) is 6.92 Å². The summed E-state index contributed by atoms with van der Waals surface area (Å²) in [6.45, 7) is 9.13. The second kappa shape index (κ2) is 8.02. The van der Waals surface area contributed by atoms with Gasteiger partial charge in [0.2, 0.25) is 0 Å². The molecule has 0 unspecified atom stereocenters. The number of benzene rings is 1. The summed E-state index contributed by atoms with van der Waals surface area (Å²) in [6.07, 6.45) is 2.15. The molecule has 0 spiro atoms. The molecule has 25 heavy (non-hydrogen) atoms. The van der Waals surface area contributed by atoms with Crippen molar-refractivity contribution >= 4 is 16.9 Å². The molecule has 1 amide bonds. The van der Waals surface area contributed by atoms with Crippen LogP contribution in [0.15, 0.2) is 22.6 Å². The standard InChI is InChI=1S/C20H28N2O3/c1-4-5-16-6-7-18-17(14-16)15(2)19(25-18)20(23)21(3)8-9-22-10-12-24-13-11-22/h6-7,14H,4-5,8-13H2,1-3H3. The summed E-state index contributed by atoms with van der Waals surface area (Å²) < 4.78 is 11.2. The third kappa shape index (κ3) is 4.05. The summed E-state index contributed by atoms with van der Waals surface area (Å²) in [5.74, 6) is 0.423. The smallest absolute Gasteiger partial charge is 0.289 e. The number of aryl methyl sites for hydroxylation is 2. The lowest BCUT2D eigenvalue weighted by molar-refractivity contribution is 0.0335. The molecular formula is C20H28N2O3. The van der Waals surface area contributed by atoms with E-state index in [0.717, 1.165) is 62.2 Å².